The molecule has 0 aliphatic carbocycles. The normalized spacial score (nSPS) is 26.5. The van der Waals surface area contributed by atoms with Crippen LogP contribution < -0.4 is 11.1 Å². The van der Waals surface area contributed by atoms with Crippen molar-refractivity contribution in [1.29, 1.82) is 0 Å². The number of nitrogen functional groups attached to an aromatic ring is 1. The molecule has 0 aromatic heterocycles. The number of nitrogens with two attached hydrogens (primary N) is 1. The third-order valence-electron chi connectivity index (χ3n) is 2.87. The van der Waals surface area contributed by atoms with Crippen LogP contribution in [0, 0.1) is 5.82 Å². The Balaban J connectivity index is 2.42. The molecule has 1 unspecified atom stereocenters. The van der Waals surface area contributed by atoms with Crippen molar-refractivity contribution in [1.82, 2.24) is 5.32 Å². The summed E-state index contributed by atoms with van der Waals surface area (Å²) in [4.78, 5) is 0. The monoisotopic (exact) mass is 210 g/mol. The molecule has 1 aliphatic heterocycles. The van der Waals surface area contributed by atoms with E-state index in [1.54, 1.807) is 12.1 Å². The van der Waals surface area contributed by atoms with Gasteiger partial charge in [-0.05, 0) is 31.5 Å². The quantitative estimate of drug-likeness (QED) is 0.605. The molecule has 4 N–H and O–H groups in total. The van der Waals surface area contributed by atoms with Crippen LogP contribution in [0.1, 0.15) is 18.4 Å². The van der Waals surface area contributed by atoms with Gasteiger partial charge in [0.15, 0.2) is 0 Å². The first-order chi connectivity index (χ1) is 7.13. The molecule has 0 radical (unpaired) electrons. The van der Waals surface area contributed by atoms with Crippen LogP contribution in [0.15, 0.2) is 18.2 Å². The lowest BCUT2D eigenvalue weighted by molar-refractivity contribution is 0.00985. The van der Waals surface area contributed by atoms with Gasteiger partial charge in [0.25, 0.3) is 0 Å². The van der Waals surface area contributed by atoms with E-state index in [9.17, 15) is 9.50 Å². The third-order valence-corrected chi connectivity index (χ3v) is 2.87. The van der Waals surface area contributed by atoms with Gasteiger partial charge in [-0.3, -0.25) is 0 Å². The van der Waals surface area contributed by atoms with Crippen LogP contribution in [0.3, 0.4) is 0 Å². The van der Waals surface area contributed by atoms with Crippen molar-refractivity contribution in [2.75, 3.05) is 18.8 Å². The molecule has 1 aliphatic rings. The van der Waals surface area contributed by atoms with E-state index in [-0.39, 0.29) is 5.56 Å². The van der Waals surface area contributed by atoms with Crippen molar-refractivity contribution in [3.8, 4) is 0 Å². The molecule has 82 valence electrons. The van der Waals surface area contributed by atoms with E-state index < -0.39 is 11.4 Å². The van der Waals surface area contributed by atoms with E-state index in [4.69, 9.17) is 5.73 Å². The number of rotatable bonds is 1. The highest BCUT2D eigenvalue weighted by molar-refractivity contribution is 5.50. The molecule has 1 aromatic rings. The molecule has 3 nitrogen and oxygen atoms in total. The molecule has 0 spiro atoms. The number of halogens is 1. The summed E-state index contributed by atoms with van der Waals surface area (Å²) in [6.07, 6.45) is 1.37. The van der Waals surface area contributed by atoms with E-state index >= 15 is 0 Å². The Morgan fingerprint density at radius 3 is 2.87 bits per heavy atom. The Labute approximate surface area is 88.1 Å². The molecule has 1 saturated heterocycles. The van der Waals surface area contributed by atoms with Crippen LogP contribution >= 0.6 is 0 Å². The van der Waals surface area contributed by atoms with Gasteiger partial charge in [0.1, 0.15) is 11.4 Å². The zero-order valence-corrected chi connectivity index (χ0v) is 8.46. The Kier molecular flexibility index (Phi) is 2.63. The van der Waals surface area contributed by atoms with Crippen molar-refractivity contribution in [3.63, 3.8) is 0 Å². The van der Waals surface area contributed by atoms with E-state index in [0.717, 1.165) is 13.0 Å². The first kappa shape index (κ1) is 10.4. The van der Waals surface area contributed by atoms with Crippen LogP contribution in [0.5, 0.6) is 0 Å². The SMILES string of the molecule is Nc1cccc(F)c1C1(O)CCCNC1. The summed E-state index contributed by atoms with van der Waals surface area (Å²) in [6.45, 7) is 1.22. The fourth-order valence-electron chi connectivity index (χ4n) is 2.13. The minimum absolute atomic E-state index is 0.234. The predicted octanol–water partition coefficient (Wildman–Crippen LogP) is 0.979. The lowest BCUT2D eigenvalue weighted by atomic mass is 9.85. The van der Waals surface area contributed by atoms with Gasteiger partial charge in [-0.25, -0.2) is 4.39 Å². The summed E-state index contributed by atoms with van der Waals surface area (Å²) in [5.74, 6) is -0.429. The predicted molar refractivity (Wildman–Crippen MR) is 56.8 cm³/mol. The second-order valence-electron chi connectivity index (χ2n) is 4.02. The Hall–Kier alpha value is -1.13. The maximum Gasteiger partial charge on any atom is 0.131 e. The van der Waals surface area contributed by atoms with Gasteiger partial charge in [-0.15, -0.1) is 0 Å². The second-order valence-corrected chi connectivity index (χ2v) is 4.02. The van der Waals surface area contributed by atoms with E-state index in [1.807, 2.05) is 0 Å². The van der Waals surface area contributed by atoms with Gasteiger partial charge in [0, 0.05) is 17.8 Å². The summed E-state index contributed by atoms with van der Waals surface area (Å²) in [5, 5.41) is 13.4. The number of benzene rings is 1. The first-order valence-electron chi connectivity index (χ1n) is 5.11. The first-order valence-corrected chi connectivity index (χ1v) is 5.11. The van der Waals surface area contributed by atoms with Gasteiger partial charge in [-0.2, -0.15) is 0 Å². The summed E-state index contributed by atoms with van der Waals surface area (Å²) >= 11 is 0. The number of anilines is 1. The molecule has 0 saturated carbocycles. The molecular weight excluding hydrogens is 195 g/mol. The van der Waals surface area contributed by atoms with Crippen molar-refractivity contribution in [3.05, 3.63) is 29.6 Å². The van der Waals surface area contributed by atoms with Gasteiger partial charge >= 0.3 is 0 Å². The van der Waals surface area contributed by atoms with Crippen molar-refractivity contribution in [2.24, 2.45) is 0 Å². The van der Waals surface area contributed by atoms with Gasteiger partial charge in [-0.1, -0.05) is 6.07 Å². The van der Waals surface area contributed by atoms with Crippen molar-refractivity contribution in [2.45, 2.75) is 18.4 Å². The number of hydrogen-bond acceptors (Lipinski definition) is 3. The van der Waals surface area contributed by atoms with Crippen LogP contribution in [-0.2, 0) is 5.60 Å². The second kappa shape index (κ2) is 3.79. The van der Waals surface area contributed by atoms with Gasteiger partial charge in [0.2, 0.25) is 0 Å². The lowest BCUT2D eigenvalue weighted by Crippen LogP contribution is -2.44. The van der Waals surface area contributed by atoms with Gasteiger partial charge < -0.3 is 16.2 Å². The zero-order valence-electron chi connectivity index (χ0n) is 8.46. The fourth-order valence-corrected chi connectivity index (χ4v) is 2.13. The molecule has 15 heavy (non-hydrogen) atoms. The summed E-state index contributed by atoms with van der Waals surface area (Å²) in [6, 6.07) is 4.50. The molecule has 1 fully saturated rings. The largest absolute Gasteiger partial charge is 0.398 e. The van der Waals surface area contributed by atoms with E-state index in [0.29, 0.717) is 18.7 Å². The maximum absolute atomic E-state index is 13.6. The summed E-state index contributed by atoms with van der Waals surface area (Å²) in [7, 11) is 0. The number of aliphatic hydroxyl groups is 1. The van der Waals surface area contributed by atoms with Gasteiger partial charge in [0.05, 0.1) is 0 Å². The van der Waals surface area contributed by atoms with Crippen LogP contribution in [0.4, 0.5) is 10.1 Å². The van der Waals surface area contributed by atoms with Crippen LogP contribution in [-0.4, -0.2) is 18.2 Å². The fraction of sp³-hybridized carbons (Fsp3) is 0.455. The van der Waals surface area contributed by atoms with Crippen LogP contribution in [0.25, 0.3) is 0 Å². The number of β-amino-alcohol motifs (C(OH)–C–C–N with tert-alkyl or cyclic N) is 1. The Bertz CT molecular complexity index is 341. The molecule has 1 atom stereocenters. The molecular formula is C11H15FN2O. The average molecular weight is 210 g/mol. The Morgan fingerprint density at radius 2 is 2.27 bits per heavy atom. The minimum atomic E-state index is -1.16. The highest BCUT2D eigenvalue weighted by atomic mass is 19.1. The standard InChI is InChI=1S/C11H15FN2O/c12-8-3-1-4-9(13)10(8)11(15)5-2-6-14-7-11/h1,3-4,14-15H,2,5-7,13H2. The molecule has 1 heterocycles. The smallest absolute Gasteiger partial charge is 0.131 e. The third kappa shape index (κ3) is 1.82. The molecule has 1 aromatic carbocycles. The molecule has 4 heteroatoms. The van der Waals surface area contributed by atoms with E-state index in [1.165, 1.54) is 6.07 Å². The summed E-state index contributed by atoms with van der Waals surface area (Å²) < 4.78 is 13.6. The highest BCUT2D eigenvalue weighted by Gasteiger charge is 2.35. The lowest BCUT2D eigenvalue weighted by Gasteiger charge is -2.34. The molecule has 0 bridgehead atoms. The summed E-state index contributed by atoms with van der Waals surface area (Å²) in [5.41, 5.74) is 5.10. The van der Waals surface area contributed by atoms with Crippen LogP contribution in [0.2, 0.25) is 0 Å². The average Bonchev–Trinajstić information content (AvgIpc) is 2.18. The molecule has 0 amide bonds. The topological polar surface area (TPSA) is 58.3 Å². The minimum Gasteiger partial charge on any atom is -0.398 e. The number of hydrogen-bond donors (Lipinski definition) is 3. The Morgan fingerprint density at radius 1 is 1.47 bits per heavy atom. The maximum atomic E-state index is 13.6. The zero-order chi connectivity index (χ0) is 10.9. The number of nitrogens with one attached hydrogen (secondary N) is 1. The molecule has 2 rings (SSSR count). The highest BCUT2D eigenvalue weighted by Crippen LogP contribution is 2.33. The number of piperidine rings is 1. The van der Waals surface area contributed by atoms with E-state index in [2.05, 4.69) is 5.32 Å². The van der Waals surface area contributed by atoms with Crippen molar-refractivity contribution >= 4 is 5.69 Å². The van der Waals surface area contributed by atoms with Crippen molar-refractivity contribution < 1.29 is 9.50 Å².